The lowest BCUT2D eigenvalue weighted by atomic mass is 10.2. The van der Waals surface area contributed by atoms with Gasteiger partial charge in [0, 0.05) is 27.6 Å². The summed E-state index contributed by atoms with van der Waals surface area (Å²) in [4.78, 5) is 24.0. The van der Waals surface area contributed by atoms with E-state index in [0.29, 0.717) is 22.2 Å². The van der Waals surface area contributed by atoms with Gasteiger partial charge >= 0.3 is 5.97 Å². The van der Waals surface area contributed by atoms with Crippen LogP contribution in [0.5, 0.6) is 0 Å². The molecule has 1 N–H and O–H groups in total. The Bertz CT molecular complexity index is 490. The average Bonchev–Trinajstić information content (AvgIpc) is 2.81. The predicted molar refractivity (Wildman–Crippen MR) is 71.4 cm³/mol. The van der Waals surface area contributed by atoms with Gasteiger partial charge in [-0.05, 0) is 6.42 Å². The Morgan fingerprint density at radius 1 is 1.56 bits per heavy atom. The van der Waals surface area contributed by atoms with Gasteiger partial charge in [0.25, 0.3) is 0 Å². The molecule has 0 saturated carbocycles. The summed E-state index contributed by atoms with van der Waals surface area (Å²) in [5.74, 6) is 0.166. The van der Waals surface area contributed by atoms with E-state index >= 15 is 0 Å². The van der Waals surface area contributed by atoms with E-state index in [4.69, 9.17) is 0 Å². The smallest absolute Gasteiger partial charge is 0.354 e. The third-order valence-electron chi connectivity index (χ3n) is 3.10. The van der Waals surface area contributed by atoms with Gasteiger partial charge in [0.2, 0.25) is 5.91 Å². The number of thioether (sulfide) groups is 2. The maximum atomic E-state index is 11.4. The monoisotopic (exact) mass is 305 g/mol. The standard InChI is InChI=1S/C10H11NO4S3/c12-6-3-7-11(6)8(9(13)14)10(17-7)16-5-1-2-18(15)4-5/h5,7H,1-4H2,(H,13,14)/t5-,7-,18+/m0/s1. The molecule has 8 heteroatoms. The van der Waals surface area contributed by atoms with Crippen LogP contribution in [0.3, 0.4) is 0 Å². The fourth-order valence-corrected chi connectivity index (χ4v) is 7.25. The summed E-state index contributed by atoms with van der Waals surface area (Å²) in [6.07, 6.45) is 1.27. The van der Waals surface area contributed by atoms with Gasteiger partial charge < -0.3 is 5.11 Å². The van der Waals surface area contributed by atoms with Crippen molar-refractivity contribution in [2.75, 3.05) is 11.5 Å². The molecule has 0 aromatic carbocycles. The van der Waals surface area contributed by atoms with Crippen LogP contribution in [-0.2, 0) is 20.4 Å². The maximum absolute atomic E-state index is 11.4. The van der Waals surface area contributed by atoms with Crippen LogP contribution in [0.1, 0.15) is 12.8 Å². The Balaban J connectivity index is 1.80. The zero-order chi connectivity index (χ0) is 12.9. The van der Waals surface area contributed by atoms with Gasteiger partial charge in [-0.1, -0.05) is 11.8 Å². The second-order valence-corrected chi connectivity index (χ2v) is 8.70. The highest BCUT2D eigenvalue weighted by Gasteiger charge is 2.49. The van der Waals surface area contributed by atoms with Crippen LogP contribution >= 0.6 is 23.5 Å². The van der Waals surface area contributed by atoms with Gasteiger partial charge in [0.1, 0.15) is 0 Å². The van der Waals surface area contributed by atoms with Crippen LogP contribution in [0.2, 0.25) is 0 Å². The van der Waals surface area contributed by atoms with Crippen molar-refractivity contribution in [3.05, 3.63) is 9.93 Å². The van der Waals surface area contributed by atoms with Crippen LogP contribution in [0, 0.1) is 0 Å². The van der Waals surface area contributed by atoms with Crippen molar-refractivity contribution in [1.29, 1.82) is 0 Å². The van der Waals surface area contributed by atoms with Gasteiger partial charge in [0.05, 0.1) is 16.0 Å². The number of carboxylic acid groups (broad SMARTS) is 1. The van der Waals surface area contributed by atoms with Crippen molar-refractivity contribution in [2.24, 2.45) is 0 Å². The second-order valence-electron chi connectivity index (χ2n) is 4.32. The van der Waals surface area contributed by atoms with E-state index in [1.54, 1.807) is 0 Å². The van der Waals surface area contributed by atoms with E-state index in [1.807, 2.05) is 0 Å². The minimum atomic E-state index is -1.04. The third-order valence-corrected chi connectivity index (χ3v) is 7.55. The molecular weight excluding hydrogens is 294 g/mol. The first-order valence-electron chi connectivity index (χ1n) is 5.54. The largest absolute Gasteiger partial charge is 0.477 e. The Morgan fingerprint density at radius 2 is 2.33 bits per heavy atom. The number of aliphatic carboxylic acids is 1. The predicted octanol–water partition coefficient (Wildman–Crippen LogP) is 0.800. The summed E-state index contributed by atoms with van der Waals surface area (Å²) >= 11 is 2.94. The molecule has 2 fully saturated rings. The summed E-state index contributed by atoms with van der Waals surface area (Å²) in [5.41, 5.74) is 0.129. The molecule has 0 aromatic rings. The van der Waals surface area contributed by atoms with Gasteiger partial charge in [-0.25, -0.2) is 4.79 Å². The van der Waals surface area contributed by atoms with Gasteiger partial charge in [-0.3, -0.25) is 13.9 Å². The van der Waals surface area contributed by atoms with Crippen molar-refractivity contribution < 1.29 is 18.9 Å². The number of β-lactam (4-membered cyclic amide) rings is 1. The number of carboxylic acids is 1. The van der Waals surface area contributed by atoms with Crippen LogP contribution in [0.25, 0.3) is 0 Å². The lowest BCUT2D eigenvalue weighted by molar-refractivity contribution is -0.145. The number of carbonyl (C=O) groups is 2. The molecule has 0 spiro atoms. The fraction of sp³-hybridized carbons (Fsp3) is 0.600. The average molecular weight is 305 g/mol. The summed E-state index contributed by atoms with van der Waals surface area (Å²) in [6, 6.07) is 0. The van der Waals surface area contributed by atoms with Crippen LogP contribution < -0.4 is 0 Å². The zero-order valence-electron chi connectivity index (χ0n) is 9.33. The summed E-state index contributed by atoms with van der Waals surface area (Å²) < 4.78 is 12.0. The normalized spacial score (nSPS) is 34.8. The number of hydrogen-bond acceptors (Lipinski definition) is 5. The number of hydrogen-bond donors (Lipinski definition) is 1. The van der Waals surface area contributed by atoms with E-state index in [0.717, 1.165) is 6.42 Å². The van der Waals surface area contributed by atoms with Crippen molar-refractivity contribution in [1.82, 2.24) is 4.90 Å². The molecule has 0 bridgehead atoms. The topological polar surface area (TPSA) is 74.7 Å². The quantitative estimate of drug-likeness (QED) is 0.777. The molecule has 3 atom stereocenters. The van der Waals surface area contributed by atoms with E-state index in [2.05, 4.69) is 0 Å². The second kappa shape index (κ2) is 4.57. The van der Waals surface area contributed by atoms with E-state index < -0.39 is 16.8 Å². The third kappa shape index (κ3) is 2.00. The molecular formula is C10H11NO4S3. The lowest BCUT2D eigenvalue weighted by Crippen LogP contribution is -2.48. The Labute approximate surface area is 115 Å². The molecule has 0 aromatic heterocycles. The fourth-order valence-electron chi connectivity index (χ4n) is 2.18. The highest BCUT2D eigenvalue weighted by Crippen LogP contribution is 2.52. The van der Waals surface area contributed by atoms with Gasteiger partial charge in [0.15, 0.2) is 5.70 Å². The first-order chi connectivity index (χ1) is 8.56. The molecule has 1 amide bonds. The molecule has 3 aliphatic rings. The van der Waals surface area contributed by atoms with Gasteiger partial charge in [-0.2, -0.15) is 0 Å². The Kier molecular flexibility index (Phi) is 3.19. The molecule has 3 rings (SSSR count). The molecule has 0 unspecified atom stereocenters. The van der Waals surface area contributed by atoms with E-state index in [1.165, 1.54) is 28.4 Å². The summed E-state index contributed by atoms with van der Waals surface area (Å²) in [7, 11) is -0.764. The highest BCUT2D eigenvalue weighted by molar-refractivity contribution is 8.23. The van der Waals surface area contributed by atoms with Crippen molar-refractivity contribution in [3.63, 3.8) is 0 Å². The first kappa shape index (κ1) is 12.6. The number of amides is 1. The SMILES string of the molecule is O=C(O)C1=C(S[C@H]2CC[S@@](=O)C2)S[C@H]2CC(=O)N12. The summed E-state index contributed by atoms with van der Waals surface area (Å²) in [6.45, 7) is 0. The highest BCUT2D eigenvalue weighted by atomic mass is 32.2. The Hall–Kier alpha value is -0.470. The maximum Gasteiger partial charge on any atom is 0.354 e. The van der Waals surface area contributed by atoms with Crippen LogP contribution in [0.15, 0.2) is 9.93 Å². The molecule has 3 aliphatic heterocycles. The van der Waals surface area contributed by atoms with Crippen molar-refractivity contribution in [3.8, 4) is 0 Å². The zero-order valence-corrected chi connectivity index (χ0v) is 11.8. The van der Waals surface area contributed by atoms with Crippen molar-refractivity contribution in [2.45, 2.75) is 23.5 Å². The minimum Gasteiger partial charge on any atom is -0.477 e. The number of carbonyl (C=O) groups excluding carboxylic acids is 1. The molecule has 5 nitrogen and oxygen atoms in total. The molecule has 18 heavy (non-hydrogen) atoms. The van der Waals surface area contributed by atoms with E-state index in [-0.39, 0.29) is 22.2 Å². The number of nitrogens with zero attached hydrogens (tertiary/aromatic N) is 1. The molecule has 0 aliphatic carbocycles. The lowest BCUT2D eigenvalue weighted by Gasteiger charge is -2.33. The summed E-state index contributed by atoms with van der Waals surface area (Å²) in [5, 5.41) is 9.40. The molecule has 98 valence electrons. The van der Waals surface area contributed by atoms with Crippen LogP contribution in [0.4, 0.5) is 0 Å². The van der Waals surface area contributed by atoms with E-state index in [9.17, 15) is 18.9 Å². The first-order valence-corrected chi connectivity index (χ1v) is 8.79. The number of fused-ring (bicyclic) bond motifs is 1. The van der Waals surface area contributed by atoms with Crippen LogP contribution in [-0.4, -0.2) is 48.2 Å². The Morgan fingerprint density at radius 3 is 2.89 bits per heavy atom. The van der Waals surface area contributed by atoms with Gasteiger partial charge in [-0.15, -0.1) is 11.8 Å². The number of rotatable bonds is 3. The molecule has 0 radical (unpaired) electrons. The minimum absolute atomic E-state index is 0.0296. The molecule has 3 heterocycles. The molecule has 2 saturated heterocycles. The van der Waals surface area contributed by atoms with Crippen molar-refractivity contribution >= 4 is 46.2 Å².